The van der Waals surface area contributed by atoms with E-state index in [0.717, 1.165) is 122 Å². The van der Waals surface area contributed by atoms with Crippen molar-refractivity contribution in [3.63, 3.8) is 0 Å². The van der Waals surface area contributed by atoms with Crippen molar-refractivity contribution < 1.29 is 28.6 Å². The molecule has 0 aromatic carbocycles. The van der Waals surface area contributed by atoms with Crippen LogP contribution in [-0.2, 0) is 28.6 Å². The fourth-order valence-electron chi connectivity index (χ4n) is 6.86. The van der Waals surface area contributed by atoms with Gasteiger partial charge in [0, 0.05) is 19.3 Å². The van der Waals surface area contributed by atoms with Gasteiger partial charge in [0.05, 0.1) is 0 Å². The Hall–Kier alpha value is -4.19. The van der Waals surface area contributed by atoms with Crippen LogP contribution in [0.4, 0.5) is 0 Å². The monoisotopic (exact) mass is 927 g/mol. The molecule has 0 aliphatic carbocycles. The van der Waals surface area contributed by atoms with Gasteiger partial charge in [0.25, 0.3) is 0 Å². The zero-order valence-corrected chi connectivity index (χ0v) is 43.1. The molecule has 0 spiro atoms. The van der Waals surface area contributed by atoms with Crippen molar-refractivity contribution in [3.05, 3.63) is 122 Å². The van der Waals surface area contributed by atoms with Crippen LogP contribution >= 0.6 is 0 Å². The molecule has 67 heavy (non-hydrogen) atoms. The number of carbonyl (C=O) groups is 3. The molecule has 0 rings (SSSR count). The standard InChI is InChI=1S/C61H98O6/c1-4-7-10-13-16-19-22-25-28-29-30-31-34-37-40-43-46-49-52-55-61(64)67-58(56-65-59(62)53-50-47-44-41-38-35-32-26-23-20-17-14-11-8-5-2)57-66-60(63)54-51-48-45-42-39-36-33-27-24-21-18-15-12-9-6-3/h8,11,16-21,25-28,30-33,37-38,40-41,58H,4-7,9-10,12-15,22-24,29,34-36,39,42-57H2,1-3H3/b11-8-,19-16-,20-17-,21-18-,28-25-,31-30-,32-26-,33-27-,40-37-,41-38-/t58-/m1/s1. The van der Waals surface area contributed by atoms with E-state index in [4.69, 9.17) is 14.2 Å². The Morgan fingerprint density at radius 1 is 0.313 bits per heavy atom. The summed E-state index contributed by atoms with van der Waals surface area (Å²) in [6.07, 6.45) is 74.7. The third-order valence-corrected chi connectivity index (χ3v) is 10.9. The molecule has 0 unspecified atom stereocenters. The third kappa shape index (κ3) is 52.6. The molecule has 0 saturated carbocycles. The van der Waals surface area contributed by atoms with E-state index < -0.39 is 6.10 Å². The largest absolute Gasteiger partial charge is 0.462 e. The van der Waals surface area contributed by atoms with Crippen LogP contribution in [0.3, 0.4) is 0 Å². The Labute approximate surface area is 412 Å². The molecule has 0 fully saturated rings. The lowest BCUT2D eigenvalue weighted by Gasteiger charge is -2.18. The van der Waals surface area contributed by atoms with Gasteiger partial charge in [-0.05, 0) is 135 Å². The van der Waals surface area contributed by atoms with Gasteiger partial charge in [0.15, 0.2) is 6.10 Å². The zero-order valence-electron chi connectivity index (χ0n) is 43.1. The van der Waals surface area contributed by atoms with Gasteiger partial charge in [0.2, 0.25) is 0 Å². The van der Waals surface area contributed by atoms with Crippen LogP contribution in [0.1, 0.15) is 226 Å². The van der Waals surface area contributed by atoms with Gasteiger partial charge in [-0.1, -0.05) is 194 Å². The SMILES string of the molecule is CC/C=C\C/C=C\C/C=C\C/C=C\CCCCC(=O)OC[C@H](COC(=O)CCCCCCC/C=C\C/C=C\CCCCC)OC(=O)CCCCC/C=C\C/C=C\C/C=C\C/C=C\CCCCC. The van der Waals surface area contributed by atoms with Crippen LogP contribution in [-0.4, -0.2) is 37.2 Å². The van der Waals surface area contributed by atoms with Crippen LogP contribution < -0.4 is 0 Å². The molecular formula is C61H98O6. The normalized spacial score (nSPS) is 13.1. The summed E-state index contributed by atoms with van der Waals surface area (Å²) in [5, 5.41) is 0. The molecule has 0 saturated heterocycles. The Morgan fingerprint density at radius 2 is 0.582 bits per heavy atom. The second-order valence-electron chi connectivity index (χ2n) is 17.4. The Morgan fingerprint density at radius 3 is 0.955 bits per heavy atom. The summed E-state index contributed by atoms with van der Waals surface area (Å²) >= 11 is 0. The van der Waals surface area contributed by atoms with E-state index in [1.54, 1.807) is 0 Å². The van der Waals surface area contributed by atoms with Gasteiger partial charge in [0.1, 0.15) is 13.2 Å². The lowest BCUT2D eigenvalue weighted by Crippen LogP contribution is -2.30. The summed E-state index contributed by atoms with van der Waals surface area (Å²) in [6, 6.07) is 0. The molecule has 0 radical (unpaired) electrons. The molecule has 0 N–H and O–H groups in total. The smallest absolute Gasteiger partial charge is 0.306 e. The number of esters is 3. The molecule has 378 valence electrons. The first-order valence-electron chi connectivity index (χ1n) is 27.0. The summed E-state index contributed by atoms with van der Waals surface area (Å²) in [6.45, 7) is 6.38. The molecule has 0 aliphatic rings. The Bertz CT molecular complexity index is 1440. The first-order valence-corrected chi connectivity index (χ1v) is 27.0. The maximum Gasteiger partial charge on any atom is 0.306 e. The summed E-state index contributed by atoms with van der Waals surface area (Å²) in [4.78, 5) is 38.1. The molecule has 0 amide bonds. The summed E-state index contributed by atoms with van der Waals surface area (Å²) in [5.74, 6) is -1.01. The van der Waals surface area contributed by atoms with Gasteiger partial charge in [-0.3, -0.25) is 14.4 Å². The molecule has 0 bridgehead atoms. The van der Waals surface area contributed by atoms with E-state index in [1.807, 2.05) is 0 Å². The van der Waals surface area contributed by atoms with E-state index in [0.29, 0.717) is 25.7 Å². The van der Waals surface area contributed by atoms with E-state index in [1.165, 1.54) is 51.4 Å². The molecule has 0 aromatic heterocycles. The maximum absolute atomic E-state index is 12.8. The Kier molecular flexibility index (Phi) is 51.0. The summed E-state index contributed by atoms with van der Waals surface area (Å²) in [7, 11) is 0. The third-order valence-electron chi connectivity index (χ3n) is 10.9. The van der Waals surface area contributed by atoms with Crippen LogP contribution in [0.15, 0.2) is 122 Å². The molecular weight excluding hydrogens is 829 g/mol. The van der Waals surface area contributed by atoms with Crippen molar-refractivity contribution in [1.29, 1.82) is 0 Å². The van der Waals surface area contributed by atoms with Crippen LogP contribution in [0, 0.1) is 0 Å². The van der Waals surface area contributed by atoms with E-state index in [-0.39, 0.29) is 37.5 Å². The highest BCUT2D eigenvalue weighted by Crippen LogP contribution is 2.12. The summed E-state index contributed by atoms with van der Waals surface area (Å²) < 4.78 is 16.8. The summed E-state index contributed by atoms with van der Waals surface area (Å²) in [5.41, 5.74) is 0. The van der Waals surface area contributed by atoms with Crippen molar-refractivity contribution >= 4 is 17.9 Å². The highest BCUT2D eigenvalue weighted by molar-refractivity contribution is 5.71. The van der Waals surface area contributed by atoms with E-state index in [9.17, 15) is 14.4 Å². The fourth-order valence-corrected chi connectivity index (χ4v) is 6.86. The van der Waals surface area contributed by atoms with Gasteiger partial charge < -0.3 is 14.2 Å². The average Bonchev–Trinajstić information content (AvgIpc) is 3.33. The predicted octanol–water partition coefficient (Wildman–Crippen LogP) is 18.1. The maximum atomic E-state index is 12.8. The minimum absolute atomic E-state index is 0.115. The molecule has 6 heteroatoms. The molecule has 1 atom stereocenters. The van der Waals surface area contributed by atoms with Gasteiger partial charge in [-0.2, -0.15) is 0 Å². The highest BCUT2D eigenvalue weighted by Gasteiger charge is 2.19. The number of unbranched alkanes of at least 4 members (excludes halogenated alkanes) is 16. The van der Waals surface area contributed by atoms with Crippen molar-refractivity contribution in [1.82, 2.24) is 0 Å². The number of hydrogen-bond donors (Lipinski definition) is 0. The van der Waals surface area contributed by atoms with Crippen LogP contribution in [0.5, 0.6) is 0 Å². The first-order chi connectivity index (χ1) is 33.0. The second kappa shape index (κ2) is 54.4. The van der Waals surface area contributed by atoms with Crippen molar-refractivity contribution in [2.45, 2.75) is 232 Å². The van der Waals surface area contributed by atoms with E-state index >= 15 is 0 Å². The van der Waals surface area contributed by atoms with Crippen molar-refractivity contribution in [3.8, 4) is 0 Å². The molecule has 0 heterocycles. The van der Waals surface area contributed by atoms with Crippen LogP contribution in [0.2, 0.25) is 0 Å². The highest BCUT2D eigenvalue weighted by atomic mass is 16.6. The number of carbonyl (C=O) groups excluding carboxylic acids is 3. The number of rotatable bonds is 47. The van der Waals surface area contributed by atoms with Gasteiger partial charge in [-0.25, -0.2) is 0 Å². The van der Waals surface area contributed by atoms with E-state index in [2.05, 4.69) is 142 Å². The lowest BCUT2D eigenvalue weighted by atomic mass is 10.1. The van der Waals surface area contributed by atoms with Crippen molar-refractivity contribution in [2.24, 2.45) is 0 Å². The van der Waals surface area contributed by atoms with Crippen LogP contribution in [0.25, 0.3) is 0 Å². The fraction of sp³-hybridized carbons (Fsp3) is 0.623. The quantitative estimate of drug-likeness (QED) is 0.0262. The minimum atomic E-state index is -0.821. The topological polar surface area (TPSA) is 78.9 Å². The lowest BCUT2D eigenvalue weighted by molar-refractivity contribution is -0.167. The molecule has 6 nitrogen and oxygen atoms in total. The average molecular weight is 927 g/mol. The number of ether oxygens (including phenoxy) is 3. The number of hydrogen-bond acceptors (Lipinski definition) is 6. The second-order valence-corrected chi connectivity index (χ2v) is 17.4. The molecule has 0 aliphatic heterocycles. The Balaban J connectivity index is 4.56. The number of allylic oxidation sites excluding steroid dienone is 20. The molecule has 0 aromatic rings. The van der Waals surface area contributed by atoms with Crippen molar-refractivity contribution in [2.75, 3.05) is 13.2 Å². The zero-order chi connectivity index (χ0) is 48.6. The van der Waals surface area contributed by atoms with Gasteiger partial charge in [-0.15, -0.1) is 0 Å². The predicted molar refractivity (Wildman–Crippen MR) is 288 cm³/mol. The first kappa shape index (κ1) is 62.8. The van der Waals surface area contributed by atoms with Gasteiger partial charge >= 0.3 is 17.9 Å². The minimum Gasteiger partial charge on any atom is -0.462 e.